The summed E-state index contributed by atoms with van der Waals surface area (Å²) in [5.74, 6) is 0.748. The van der Waals surface area contributed by atoms with Crippen molar-refractivity contribution in [1.82, 2.24) is 0 Å². The minimum absolute atomic E-state index is 0.000631. The average Bonchev–Trinajstić information content (AvgIpc) is 2.49. The monoisotopic (exact) mass is 211 g/mol. The maximum absolute atomic E-state index is 9.20. The molecule has 0 bridgehead atoms. The van der Waals surface area contributed by atoms with Crippen LogP contribution in [0.5, 0.6) is 0 Å². The van der Waals surface area contributed by atoms with E-state index < -0.39 is 5.60 Å². The normalized spacial score (nSPS) is 31.9. The third kappa shape index (κ3) is 3.48. The summed E-state index contributed by atoms with van der Waals surface area (Å²) in [5, 5.41) is 17.9. The number of hydrogen-bond donors (Lipinski definition) is 1. The molecule has 0 radical (unpaired) electrons. The summed E-state index contributed by atoms with van der Waals surface area (Å²) in [4.78, 5) is 0. The molecule has 3 heteroatoms. The van der Waals surface area contributed by atoms with Gasteiger partial charge in [-0.3, -0.25) is 0 Å². The van der Waals surface area contributed by atoms with Crippen molar-refractivity contribution in [3.8, 4) is 6.07 Å². The SMILES string of the molecule is CCC1CCCC(C#N)(OCCO)CC1. The van der Waals surface area contributed by atoms with Crippen LogP contribution in [0.4, 0.5) is 0 Å². The molecular weight excluding hydrogens is 190 g/mol. The standard InChI is InChI=1S/C12H21NO2/c1-2-11-4-3-6-12(10-13,7-5-11)15-9-8-14/h11,14H,2-9H2,1H3. The maximum Gasteiger partial charge on any atom is 0.154 e. The minimum Gasteiger partial charge on any atom is -0.394 e. The molecule has 0 amide bonds. The van der Waals surface area contributed by atoms with Crippen LogP contribution >= 0.6 is 0 Å². The Morgan fingerprint density at radius 1 is 1.47 bits per heavy atom. The number of aliphatic hydroxyl groups excluding tert-OH is 1. The van der Waals surface area contributed by atoms with Crippen LogP contribution in [-0.2, 0) is 4.74 Å². The molecule has 15 heavy (non-hydrogen) atoms. The molecule has 0 saturated heterocycles. The van der Waals surface area contributed by atoms with E-state index in [2.05, 4.69) is 13.0 Å². The predicted octanol–water partition coefficient (Wildman–Crippen LogP) is 2.25. The van der Waals surface area contributed by atoms with Crippen LogP contribution in [0.25, 0.3) is 0 Å². The lowest BCUT2D eigenvalue weighted by Crippen LogP contribution is -2.31. The van der Waals surface area contributed by atoms with E-state index in [4.69, 9.17) is 9.84 Å². The summed E-state index contributed by atoms with van der Waals surface area (Å²) >= 11 is 0. The summed E-state index contributed by atoms with van der Waals surface area (Å²) in [7, 11) is 0. The van der Waals surface area contributed by atoms with E-state index in [1.54, 1.807) is 0 Å². The maximum atomic E-state index is 9.20. The highest BCUT2D eigenvalue weighted by atomic mass is 16.5. The van der Waals surface area contributed by atoms with Gasteiger partial charge in [0.05, 0.1) is 19.3 Å². The Kier molecular flexibility index (Phi) is 5.07. The smallest absolute Gasteiger partial charge is 0.154 e. The second kappa shape index (κ2) is 6.09. The molecule has 1 saturated carbocycles. The first-order valence-corrected chi connectivity index (χ1v) is 5.92. The first-order valence-electron chi connectivity index (χ1n) is 5.92. The fourth-order valence-corrected chi connectivity index (χ4v) is 2.32. The molecule has 86 valence electrons. The van der Waals surface area contributed by atoms with Crippen molar-refractivity contribution in [2.24, 2.45) is 5.92 Å². The molecule has 0 aromatic carbocycles. The van der Waals surface area contributed by atoms with Gasteiger partial charge in [0.1, 0.15) is 0 Å². The molecule has 1 aliphatic rings. The molecule has 0 heterocycles. The lowest BCUT2D eigenvalue weighted by atomic mass is 9.94. The van der Waals surface area contributed by atoms with Gasteiger partial charge in [-0.25, -0.2) is 0 Å². The Morgan fingerprint density at radius 3 is 2.87 bits per heavy atom. The molecule has 1 aliphatic carbocycles. The lowest BCUT2D eigenvalue weighted by Gasteiger charge is -2.25. The number of ether oxygens (including phenoxy) is 1. The first-order chi connectivity index (χ1) is 7.26. The van der Waals surface area contributed by atoms with Crippen LogP contribution in [0, 0.1) is 17.2 Å². The molecular formula is C12H21NO2. The zero-order valence-electron chi connectivity index (χ0n) is 9.54. The Balaban J connectivity index is 2.54. The highest BCUT2D eigenvalue weighted by Crippen LogP contribution is 2.33. The number of aliphatic hydroxyl groups is 1. The van der Waals surface area contributed by atoms with Crippen molar-refractivity contribution in [2.45, 2.75) is 51.0 Å². The summed E-state index contributed by atoms with van der Waals surface area (Å²) < 4.78 is 5.53. The van der Waals surface area contributed by atoms with E-state index in [1.807, 2.05) is 0 Å². The van der Waals surface area contributed by atoms with Gasteiger partial charge in [0.15, 0.2) is 5.60 Å². The van der Waals surface area contributed by atoms with E-state index in [9.17, 15) is 5.26 Å². The molecule has 0 spiro atoms. The predicted molar refractivity (Wildman–Crippen MR) is 58.2 cm³/mol. The zero-order chi connectivity index (χ0) is 11.1. The Hall–Kier alpha value is -0.590. The first kappa shape index (κ1) is 12.5. The van der Waals surface area contributed by atoms with Gasteiger partial charge in [-0.1, -0.05) is 19.8 Å². The molecule has 2 unspecified atom stereocenters. The molecule has 1 fully saturated rings. The van der Waals surface area contributed by atoms with Gasteiger partial charge < -0.3 is 9.84 Å². The second-order valence-corrected chi connectivity index (χ2v) is 4.38. The van der Waals surface area contributed by atoms with E-state index >= 15 is 0 Å². The zero-order valence-corrected chi connectivity index (χ0v) is 9.54. The van der Waals surface area contributed by atoms with E-state index in [0.29, 0.717) is 0 Å². The van der Waals surface area contributed by atoms with Crippen LogP contribution in [0.1, 0.15) is 45.4 Å². The van der Waals surface area contributed by atoms with Crippen molar-refractivity contribution in [2.75, 3.05) is 13.2 Å². The van der Waals surface area contributed by atoms with Gasteiger partial charge in [0.2, 0.25) is 0 Å². The van der Waals surface area contributed by atoms with Crippen LogP contribution < -0.4 is 0 Å². The molecule has 0 aliphatic heterocycles. The van der Waals surface area contributed by atoms with E-state index in [1.165, 1.54) is 12.8 Å². The van der Waals surface area contributed by atoms with Crippen molar-refractivity contribution in [3.63, 3.8) is 0 Å². The van der Waals surface area contributed by atoms with Gasteiger partial charge in [0, 0.05) is 0 Å². The highest BCUT2D eigenvalue weighted by Gasteiger charge is 2.33. The van der Waals surface area contributed by atoms with Crippen LogP contribution in [-0.4, -0.2) is 23.9 Å². The van der Waals surface area contributed by atoms with Gasteiger partial charge in [-0.2, -0.15) is 5.26 Å². The van der Waals surface area contributed by atoms with E-state index in [0.717, 1.165) is 31.6 Å². The molecule has 1 rings (SSSR count). The van der Waals surface area contributed by atoms with Crippen LogP contribution in [0.3, 0.4) is 0 Å². The average molecular weight is 211 g/mol. The third-order valence-corrected chi connectivity index (χ3v) is 3.40. The molecule has 0 aromatic heterocycles. The highest BCUT2D eigenvalue weighted by molar-refractivity contribution is 5.03. The molecule has 1 N–H and O–H groups in total. The Morgan fingerprint density at radius 2 is 2.27 bits per heavy atom. The number of hydrogen-bond acceptors (Lipinski definition) is 3. The van der Waals surface area contributed by atoms with Crippen LogP contribution in [0.2, 0.25) is 0 Å². The summed E-state index contributed by atoms with van der Waals surface area (Å²) in [6.07, 6.45) is 6.19. The second-order valence-electron chi connectivity index (χ2n) is 4.38. The molecule has 0 aromatic rings. The Labute approximate surface area is 92.0 Å². The molecule has 3 nitrogen and oxygen atoms in total. The number of rotatable bonds is 4. The quantitative estimate of drug-likeness (QED) is 0.726. The van der Waals surface area contributed by atoms with Crippen molar-refractivity contribution in [3.05, 3.63) is 0 Å². The topological polar surface area (TPSA) is 53.2 Å². The van der Waals surface area contributed by atoms with Gasteiger partial charge in [0.25, 0.3) is 0 Å². The van der Waals surface area contributed by atoms with Crippen molar-refractivity contribution < 1.29 is 9.84 Å². The lowest BCUT2D eigenvalue weighted by molar-refractivity contribution is -0.0291. The summed E-state index contributed by atoms with van der Waals surface area (Å²) in [6, 6.07) is 2.30. The van der Waals surface area contributed by atoms with Gasteiger partial charge in [-0.15, -0.1) is 0 Å². The largest absolute Gasteiger partial charge is 0.394 e. The molecule has 2 atom stereocenters. The summed E-state index contributed by atoms with van der Waals surface area (Å²) in [5.41, 5.74) is -0.618. The fraction of sp³-hybridized carbons (Fsp3) is 0.917. The fourth-order valence-electron chi connectivity index (χ4n) is 2.32. The van der Waals surface area contributed by atoms with Crippen LogP contribution in [0.15, 0.2) is 0 Å². The summed E-state index contributed by atoms with van der Waals surface area (Å²) in [6.45, 7) is 2.49. The number of nitriles is 1. The third-order valence-electron chi connectivity index (χ3n) is 3.40. The van der Waals surface area contributed by atoms with Crippen molar-refractivity contribution >= 4 is 0 Å². The van der Waals surface area contributed by atoms with Crippen molar-refractivity contribution in [1.29, 1.82) is 5.26 Å². The van der Waals surface area contributed by atoms with Gasteiger partial charge in [-0.05, 0) is 31.6 Å². The number of nitrogens with zero attached hydrogens (tertiary/aromatic N) is 1. The minimum atomic E-state index is -0.618. The van der Waals surface area contributed by atoms with E-state index in [-0.39, 0.29) is 13.2 Å². The Bertz CT molecular complexity index is 224. The van der Waals surface area contributed by atoms with Gasteiger partial charge >= 0.3 is 0 Å².